The second-order valence-electron chi connectivity index (χ2n) is 7.64. The van der Waals surface area contributed by atoms with Crippen LogP contribution in [-0.2, 0) is 34.9 Å². The molecule has 3 aliphatic rings. The SMILES string of the molecule is CCC1(C23N=C(C=C(N)N2OS(=O)(=O)O)S(=O)(=O)c2ccc(C)cc23)CCCCO1.O. The number of sulfone groups is 1. The fraction of sp³-hybridized carbons (Fsp3) is 0.500. The highest BCUT2D eigenvalue weighted by molar-refractivity contribution is 8.07. The van der Waals surface area contributed by atoms with Crippen LogP contribution in [0.2, 0.25) is 0 Å². The Morgan fingerprint density at radius 2 is 2.06 bits per heavy atom. The van der Waals surface area contributed by atoms with Crippen molar-refractivity contribution in [1.29, 1.82) is 0 Å². The van der Waals surface area contributed by atoms with E-state index >= 15 is 0 Å². The molecule has 0 saturated carbocycles. The Hall–Kier alpha value is -2.03. The van der Waals surface area contributed by atoms with Crippen LogP contribution in [0.25, 0.3) is 0 Å². The molecule has 13 heteroatoms. The Labute approximate surface area is 180 Å². The maximum Gasteiger partial charge on any atom is 0.418 e. The van der Waals surface area contributed by atoms with Crippen molar-refractivity contribution >= 4 is 25.3 Å². The summed E-state index contributed by atoms with van der Waals surface area (Å²) in [5.41, 5.74) is 4.08. The van der Waals surface area contributed by atoms with Gasteiger partial charge in [0.1, 0.15) is 11.4 Å². The van der Waals surface area contributed by atoms with Crippen molar-refractivity contribution in [3.8, 4) is 0 Å². The maximum absolute atomic E-state index is 13.2. The zero-order valence-corrected chi connectivity index (χ0v) is 18.7. The third kappa shape index (κ3) is 3.36. The molecule has 31 heavy (non-hydrogen) atoms. The first-order valence-corrected chi connectivity index (χ1v) is 12.4. The summed E-state index contributed by atoms with van der Waals surface area (Å²) in [4.78, 5) is 4.48. The Bertz CT molecular complexity index is 1170. The molecule has 4 rings (SSSR count). The molecule has 5 N–H and O–H groups in total. The van der Waals surface area contributed by atoms with Gasteiger partial charge in [-0.15, -0.1) is 4.28 Å². The van der Waals surface area contributed by atoms with Crippen molar-refractivity contribution in [1.82, 2.24) is 5.06 Å². The molecule has 1 aromatic rings. The first kappa shape index (κ1) is 23.6. The lowest BCUT2D eigenvalue weighted by Crippen LogP contribution is -2.66. The van der Waals surface area contributed by atoms with Crippen molar-refractivity contribution in [3.05, 3.63) is 41.2 Å². The molecule has 0 amide bonds. The number of fused-ring (bicyclic) bond motifs is 3. The Balaban J connectivity index is 0.00000272. The number of hydrogen-bond acceptors (Lipinski definition) is 9. The minimum absolute atomic E-state index is 0. The van der Waals surface area contributed by atoms with Gasteiger partial charge in [-0.1, -0.05) is 24.6 Å². The molecule has 1 fully saturated rings. The minimum Gasteiger partial charge on any atom is -0.412 e. The lowest BCUT2D eigenvalue weighted by atomic mass is 9.74. The van der Waals surface area contributed by atoms with Crippen LogP contribution in [0.3, 0.4) is 0 Å². The number of ether oxygens (including phenoxy) is 1. The average Bonchev–Trinajstić information content (AvgIpc) is 2.68. The van der Waals surface area contributed by atoms with Crippen molar-refractivity contribution in [2.75, 3.05) is 6.61 Å². The number of aliphatic imine (C=N–C) groups is 1. The molecule has 0 radical (unpaired) electrons. The van der Waals surface area contributed by atoms with Gasteiger partial charge in [-0.05, 0) is 38.7 Å². The van der Waals surface area contributed by atoms with Crippen LogP contribution in [0.1, 0.15) is 43.7 Å². The summed E-state index contributed by atoms with van der Waals surface area (Å²) in [6, 6.07) is 4.71. The van der Waals surface area contributed by atoms with E-state index in [1.165, 1.54) is 6.07 Å². The maximum atomic E-state index is 13.2. The topological polar surface area (TPSA) is 180 Å². The highest BCUT2D eigenvalue weighted by Gasteiger charge is 2.64. The molecule has 1 saturated heterocycles. The Morgan fingerprint density at radius 3 is 2.65 bits per heavy atom. The Morgan fingerprint density at radius 1 is 1.35 bits per heavy atom. The lowest BCUT2D eigenvalue weighted by molar-refractivity contribution is -0.240. The summed E-state index contributed by atoms with van der Waals surface area (Å²) in [7, 11) is -9.01. The molecule has 1 aromatic carbocycles. The molecule has 0 aliphatic carbocycles. The number of nitrogens with zero attached hydrogens (tertiary/aromatic N) is 2. The normalized spacial score (nSPS) is 29.3. The van der Waals surface area contributed by atoms with Gasteiger partial charge in [0.15, 0.2) is 5.04 Å². The number of nitrogens with two attached hydrogens (primary N) is 1. The second kappa shape index (κ2) is 7.53. The van der Waals surface area contributed by atoms with Crippen molar-refractivity contribution < 1.29 is 35.9 Å². The van der Waals surface area contributed by atoms with E-state index in [2.05, 4.69) is 4.99 Å². The Kier molecular flexibility index (Phi) is 5.74. The van der Waals surface area contributed by atoms with E-state index in [-0.39, 0.29) is 26.8 Å². The van der Waals surface area contributed by atoms with Crippen molar-refractivity contribution in [2.45, 2.75) is 55.7 Å². The van der Waals surface area contributed by atoms with E-state index in [4.69, 9.17) is 14.8 Å². The van der Waals surface area contributed by atoms with Gasteiger partial charge in [-0.3, -0.25) is 4.55 Å². The highest BCUT2D eigenvalue weighted by atomic mass is 32.3. The first-order valence-electron chi connectivity index (χ1n) is 9.51. The monoisotopic (exact) mass is 475 g/mol. The third-order valence-electron chi connectivity index (χ3n) is 5.88. The van der Waals surface area contributed by atoms with E-state index < -0.39 is 31.5 Å². The summed E-state index contributed by atoms with van der Waals surface area (Å²) < 4.78 is 70.4. The highest BCUT2D eigenvalue weighted by Crippen LogP contribution is 2.55. The summed E-state index contributed by atoms with van der Waals surface area (Å²) >= 11 is 0. The van der Waals surface area contributed by atoms with Crippen molar-refractivity contribution in [2.24, 2.45) is 10.7 Å². The smallest absolute Gasteiger partial charge is 0.412 e. The number of aryl methyl sites for hydroxylation is 1. The van der Waals surface area contributed by atoms with Gasteiger partial charge in [0.05, 0.1) is 4.90 Å². The molecule has 0 spiro atoms. The molecule has 0 aromatic heterocycles. The molecule has 2 unspecified atom stereocenters. The lowest BCUT2D eigenvalue weighted by Gasteiger charge is -2.55. The van der Waals surface area contributed by atoms with Gasteiger partial charge in [0.25, 0.3) is 0 Å². The van der Waals surface area contributed by atoms with E-state index in [1.54, 1.807) is 19.1 Å². The van der Waals surface area contributed by atoms with Gasteiger partial charge in [-0.2, -0.15) is 13.5 Å². The first-order chi connectivity index (χ1) is 14.0. The summed E-state index contributed by atoms with van der Waals surface area (Å²) in [5, 5.41) is 0.460. The van der Waals surface area contributed by atoms with Gasteiger partial charge >= 0.3 is 10.4 Å². The second-order valence-corrected chi connectivity index (χ2v) is 10.5. The van der Waals surface area contributed by atoms with Crippen LogP contribution < -0.4 is 5.73 Å². The molecule has 172 valence electrons. The van der Waals surface area contributed by atoms with E-state index in [1.807, 2.05) is 6.92 Å². The predicted molar refractivity (Wildman–Crippen MR) is 111 cm³/mol. The zero-order chi connectivity index (χ0) is 21.9. The molecule has 11 nitrogen and oxygen atoms in total. The van der Waals surface area contributed by atoms with Crippen molar-refractivity contribution in [3.63, 3.8) is 0 Å². The standard InChI is InChI=1S/C18H23N3O7S2.H2O/c1-3-17(8-4-5-9-27-17)18-13-10-12(2)6-7-14(13)29(22,23)16(20-18)11-15(19)21(18)28-30(24,25)26;/h6-7,10-11H,3-5,8-9,19H2,1-2H3,(H,24,25,26);1H2. The number of benzene rings is 1. The molecule has 2 atom stereocenters. The van der Waals surface area contributed by atoms with Gasteiger partial charge < -0.3 is 15.9 Å². The van der Waals surface area contributed by atoms with Gasteiger partial charge in [-0.25, -0.2) is 13.4 Å². The van der Waals surface area contributed by atoms with Crippen LogP contribution in [0, 0.1) is 6.92 Å². The molecular formula is C18H25N3O8S2. The molecule has 2 bridgehead atoms. The molecular weight excluding hydrogens is 450 g/mol. The van der Waals surface area contributed by atoms with Crippen LogP contribution in [0.15, 0.2) is 40.0 Å². The third-order valence-corrected chi connectivity index (χ3v) is 7.91. The van der Waals surface area contributed by atoms with E-state index in [0.717, 1.165) is 29.5 Å². The largest absolute Gasteiger partial charge is 0.418 e. The fourth-order valence-corrected chi connectivity index (χ4v) is 6.43. The predicted octanol–water partition coefficient (Wildman–Crippen LogP) is 0.708. The van der Waals surface area contributed by atoms with Gasteiger partial charge in [0, 0.05) is 18.2 Å². The van der Waals surface area contributed by atoms with Crippen LogP contribution >= 0.6 is 0 Å². The average molecular weight is 476 g/mol. The molecule has 3 heterocycles. The van der Waals surface area contributed by atoms with E-state index in [0.29, 0.717) is 19.4 Å². The summed E-state index contributed by atoms with van der Waals surface area (Å²) in [5.74, 6) is -0.324. The summed E-state index contributed by atoms with van der Waals surface area (Å²) in [6.07, 6.45) is 3.37. The number of hydroxylamine groups is 2. The van der Waals surface area contributed by atoms with Crippen LogP contribution in [0.4, 0.5) is 0 Å². The number of rotatable bonds is 4. The number of hydrogen-bond donors (Lipinski definition) is 2. The van der Waals surface area contributed by atoms with Crippen LogP contribution in [0.5, 0.6) is 0 Å². The van der Waals surface area contributed by atoms with E-state index in [9.17, 15) is 21.4 Å². The van der Waals surface area contributed by atoms with Gasteiger partial charge in [0.2, 0.25) is 15.5 Å². The zero-order valence-electron chi connectivity index (χ0n) is 17.0. The summed E-state index contributed by atoms with van der Waals surface area (Å²) in [6.45, 7) is 3.99. The van der Waals surface area contributed by atoms with Crippen LogP contribution in [-0.4, -0.2) is 49.2 Å². The quantitative estimate of drug-likeness (QED) is 0.593. The fourth-order valence-electron chi connectivity index (χ4n) is 4.56. The minimum atomic E-state index is -5.02. The molecule has 3 aliphatic heterocycles.